The molecule has 0 bridgehead atoms. The number of hydrogen-bond donors (Lipinski definition) is 3. The molecule has 0 aliphatic carbocycles. The van der Waals surface area contributed by atoms with Crippen molar-refractivity contribution in [3.63, 3.8) is 0 Å². The summed E-state index contributed by atoms with van der Waals surface area (Å²) in [5.74, 6) is 1.01. The third-order valence-corrected chi connectivity index (χ3v) is 20.8. The van der Waals surface area contributed by atoms with Crippen molar-refractivity contribution in [3.05, 3.63) is 0 Å². The minimum Gasteiger partial charge on any atom is -0.462 e. The molecule has 0 rings (SSSR count). The molecule has 0 amide bonds. The highest BCUT2D eigenvalue weighted by molar-refractivity contribution is 7.47. The van der Waals surface area contributed by atoms with E-state index >= 15 is 0 Å². The van der Waals surface area contributed by atoms with Crippen molar-refractivity contribution in [2.24, 2.45) is 23.7 Å². The molecule has 588 valence electrons. The molecule has 0 saturated carbocycles. The van der Waals surface area contributed by atoms with Crippen LogP contribution in [-0.2, 0) is 65.4 Å². The first kappa shape index (κ1) is 97.1. The van der Waals surface area contributed by atoms with Crippen LogP contribution in [0, 0.1) is 23.7 Å². The molecule has 0 aromatic heterocycles. The summed E-state index contributed by atoms with van der Waals surface area (Å²) in [6.07, 6.45) is 55.4. The number of carbonyl (C=O) groups excluding carboxylic acids is 4. The number of esters is 4. The number of carbonyl (C=O) groups is 4. The SMILES string of the molecule is CCC(C)CCCCCCCCCCC(=O)OC[C@H](COP(=O)(O)OC[C@H](O)COP(=O)(O)OC[C@@H](COC(=O)CCCCCCCCCCCCCC(C)C)OC(=O)CCCCCCCCCCCCCCCCCCC(C)C)OC(=O)CCCCCCCCCCCCCC(C)C. The Morgan fingerprint density at radius 2 is 0.485 bits per heavy atom. The predicted molar refractivity (Wildman–Crippen MR) is 404 cm³/mol. The molecule has 17 nitrogen and oxygen atoms in total. The largest absolute Gasteiger partial charge is 0.472 e. The number of phosphoric ester groups is 2. The highest BCUT2D eigenvalue weighted by Gasteiger charge is 2.30. The van der Waals surface area contributed by atoms with Crippen molar-refractivity contribution in [2.75, 3.05) is 39.6 Å². The Balaban J connectivity index is 5.26. The molecule has 99 heavy (non-hydrogen) atoms. The van der Waals surface area contributed by atoms with Crippen molar-refractivity contribution in [1.29, 1.82) is 0 Å². The Bertz CT molecular complexity index is 1940. The quantitative estimate of drug-likeness (QED) is 0.0222. The Morgan fingerprint density at radius 1 is 0.283 bits per heavy atom. The summed E-state index contributed by atoms with van der Waals surface area (Å²) in [5.41, 5.74) is 0. The summed E-state index contributed by atoms with van der Waals surface area (Å²) in [6.45, 7) is 14.3. The number of rotatable bonds is 77. The monoisotopic (exact) mass is 1450 g/mol. The van der Waals surface area contributed by atoms with Crippen LogP contribution in [0.4, 0.5) is 0 Å². The second-order valence-corrected chi connectivity index (χ2v) is 33.4. The number of aliphatic hydroxyl groups excluding tert-OH is 1. The molecule has 0 aromatic carbocycles. The summed E-state index contributed by atoms with van der Waals surface area (Å²) in [4.78, 5) is 73.0. The van der Waals surface area contributed by atoms with Gasteiger partial charge in [0, 0.05) is 25.7 Å². The Morgan fingerprint density at radius 3 is 0.717 bits per heavy atom. The molecule has 3 unspecified atom stereocenters. The van der Waals surface area contributed by atoms with Gasteiger partial charge >= 0.3 is 39.5 Å². The van der Waals surface area contributed by atoms with E-state index in [-0.39, 0.29) is 25.7 Å². The van der Waals surface area contributed by atoms with Gasteiger partial charge in [0.15, 0.2) is 12.2 Å². The van der Waals surface area contributed by atoms with Crippen LogP contribution in [0.3, 0.4) is 0 Å². The molecule has 6 atom stereocenters. The first-order valence-corrected chi connectivity index (χ1v) is 44.2. The number of phosphoric acid groups is 2. The Labute approximate surface area is 607 Å². The second kappa shape index (κ2) is 69.1. The van der Waals surface area contributed by atoms with Crippen LogP contribution in [0.1, 0.15) is 409 Å². The van der Waals surface area contributed by atoms with E-state index in [1.807, 2.05) is 0 Å². The number of ether oxygens (including phenoxy) is 4. The molecule has 0 heterocycles. The van der Waals surface area contributed by atoms with Crippen molar-refractivity contribution in [3.8, 4) is 0 Å². The average molecular weight is 1450 g/mol. The zero-order chi connectivity index (χ0) is 73.1. The molecule has 0 radical (unpaired) electrons. The van der Waals surface area contributed by atoms with Crippen LogP contribution >= 0.6 is 15.6 Å². The molecule has 0 aliphatic heterocycles. The van der Waals surface area contributed by atoms with Crippen LogP contribution in [0.5, 0.6) is 0 Å². The molecule has 3 N–H and O–H groups in total. The van der Waals surface area contributed by atoms with Crippen molar-refractivity contribution in [1.82, 2.24) is 0 Å². The summed E-state index contributed by atoms with van der Waals surface area (Å²) >= 11 is 0. The minimum atomic E-state index is -4.96. The van der Waals surface area contributed by atoms with E-state index in [4.69, 9.17) is 37.0 Å². The molecule has 0 aliphatic rings. The minimum absolute atomic E-state index is 0.106. The predicted octanol–water partition coefficient (Wildman–Crippen LogP) is 23.6. The van der Waals surface area contributed by atoms with E-state index in [0.717, 1.165) is 114 Å². The normalized spacial score (nSPS) is 14.3. The van der Waals surface area contributed by atoms with E-state index < -0.39 is 97.5 Å². The van der Waals surface area contributed by atoms with E-state index in [1.54, 1.807) is 0 Å². The number of unbranched alkanes of at least 4 members (excludes halogenated alkanes) is 42. The fourth-order valence-electron chi connectivity index (χ4n) is 12.2. The summed E-state index contributed by atoms with van der Waals surface area (Å²) in [7, 11) is -9.92. The van der Waals surface area contributed by atoms with Gasteiger partial charge in [0.2, 0.25) is 0 Å². The van der Waals surface area contributed by atoms with E-state index in [9.17, 15) is 43.2 Å². The molecular formula is C80H156O17P2. The highest BCUT2D eigenvalue weighted by Crippen LogP contribution is 2.45. The fourth-order valence-corrected chi connectivity index (χ4v) is 13.8. The van der Waals surface area contributed by atoms with E-state index in [1.165, 1.54) is 212 Å². The third-order valence-electron chi connectivity index (χ3n) is 18.9. The maximum atomic E-state index is 13.1. The van der Waals surface area contributed by atoms with Gasteiger partial charge in [-0.2, -0.15) is 0 Å². The Kier molecular flexibility index (Phi) is 67.8. The zero-order valence-corrected chi connectivity index (χ0v) is 66.9. The van der Waals surface area contributed by atoms with Gasteiger partial charge < -0.3 is 33.8 Å². The topological polar surface area (TPSA) is 237 Å². The first-order chi connectivity index (χ1) is 47.6. The van der Waals surface area contributed by atoms with Crippen LogP contribution in [-0.4, -0.2) is 96.7 Å². The molecule has 0 aromatic rings. The standard InChI is InChI=1S/C80H156O17P2/c1-9-73(8)59-51-43-35-30-31-37-45-53-61-78(83)91-67-76(97-80(85)63-55-47-39-29-23-17-20-26-34-42-50-58-72(6)7)69-95-99(88,89)93-65-74(81)64-92-98(86,87)94-68-75(66-90-77(82)60-52-44-36-27-22-16-19-25-33-41-49-57-71(4)5)96-79(84)62-54-46-38-28-21-15-13-11-10-12-14-18-24-32-40-48-56-70(2)3/h70-76,81H,9-69H2,1-8H3,(H,86,87)(H,88,89)/t73?,74-,75-,76-/m1/s1. The van der Waals surface area contributed by atoms with E-state index in [0.29, 0.717) is 25.7 Å². The van der Waals surface area contributed by atoms with E-state index in [2.05, 4.69) is 55.4 Å². The molecule has 0 fully saturated rings. The van der Waals surface area contributed by atoms with Crippen LogP contribution in [0.25, 0.3) is 0 Å². The van der Waals surface area contributed by atoms with Crippen LogP contribution < -0.4 is 0 Å². The lowest BCUT2D eigenvalue weighted by Gasteiger charge is -2.21. The molecular weight excluding hydrogens is 1290 g/mol. The van der Waals surface area contributed by atoms with Crippen LogP contribution in [0.2, 0.25) is 0 Å². The fraction of sp³-hybridized carbons (Fsp3) is 0.950. The van der Waals surface area contributed by atoms with Gasteiger partial charge in [-0.25, -0.2) is 9.13 Å². The highest BCUT2D eigenvalue weighted by atomic mass is 31.2. The third kappa shape index (κ3) is 72.8. The molecule has 0 saturated heterocycles. The first-order valence-electron chi connectivity index (χ1n) is 41.2. The Hall–Kier alpha value is -1.94. The van der Waals surface area contributed by atoms with Gasteiger partial charge in [0.1, 0.15) is 19.3 Å². The number of hydrogen-bond acceptors (Lipinski definition) is 15. The van der Waals surface area contributed by atoms with Gasteiger partial charge in [0.05, 0.1) is 26.4 Å². The van der Waals surface area contributed by atoms with Crippen molar-refractivity contribution >= 4 is 39.5 Å². The van der Waals surface area contributed by atoms with Gasteiger partial charge in [0.25, 0.3) is 0 Å². The lowest BCUT2D eigenvalue weighted by Crippen LogP contribution is -2.30. The lowest BCUT2D eigenvalue weighted by atomic mass is 9.99. The molecule has 0 spiro atoms. The summed E-state index contributed by atoms with van der Waals surface area (Å²) in [6, 6.07) is 0. The van der Waals surface area contributed by atoms with Crippen LogP contribution in [0.15, 0.2) is 0 Å². The van der Waals surface area contributed by atoms with Gasteiger partial charge in [-0.15, -0.1) is 0 Å². The van der Waals surface area contributed by atoms with Crippen molar-refractivity contribution < 1.29 is 80.2 Å². The number of aliphatic hydroxyl groups is 1. The van der Waals surface area contributed by atoms with Gasteiger partial charge in [-0.05, 0) is 49.4 Å². The second-order valence-electron chi connectivity index (χ2n) is 30.5. The molecule has 19 heteroatoms. The maximum Gasteiger partial charge on any atom is 0.472 e. The van der Waals surface area contributed by atoms with Gasteiger partial charge in [-0.1, -0.05) is 357 Å². The smallest absolute Gasteiger partial charge is 0.462 e. The maximum absolute atomic E-state index is 13.1. The van der Waals surface area contributed by atoms with Gasteiger partial charge in [-0.3, -0.25) is 37.3 Å². The zero-order valence-electron chi connectivity index (χ0n) is 65.1. The summed E-state index contributed by atoms with van der Waals surface area (Å²) in [5, 5.41) is 10.6. The summed E-state index contributed by atoms with van der Waals surface area (Å²) < 4.78 is 68.7. The lowest BCUT2D eigenvalue weighted by molar-refractivity contribution is -0.161. The average Bonchev–Trinajstić information content (AvgIpc) is 1.13. The van der Waals surface area contributed by atoms with Crippen molar-refractivity contribution in [2.45, 2.75) is 427 Å².